The average molecular weight is 528 g/mol. The summed E-state index contributed by atoms with van der Waals surface area (Å²) in [6, 6.07) is 18.5. The molecule has 0 spiro atoms. The highest BCUT2D eigenvalue weighted by molar-refractivity contribution is 7.89. The molecule has 0 aliphatic rings. The van der Waals surface area contributed by atoms with E-state index in [0.29, 0.717) is 28.4 Å². The lowest BCUT2D eigenvalue weighted by molar-refractivity contribution is -0.121. The van der Waals surface area contributed by atoms with E-state index in [2.05, 4.69) is 10.5 Å². The lowest BCUT2D eigenvalue weighted by Gasteiger charge is -2.23. The molecule has 0 aliphatic carbocycles. The quantitative estimate of drug-likeness (QED) is 0.284. The van der Waals surface area contributed by atoms with Crippen LogP contribution in [-0.2, 0) is 21.4 Å². The molecule has 0 heterocycles. The number of nitrogens with zero attached hydrogens (tertiary/aromatic N) is 2. The third kappa shape index (κ3) is 6.99. The maximum atomic E-state index is 13.7. The highest BCUT2D eigenvalue weighted by Gasteiger charge is 2.30. The predicted molar refractivity (Wildman–Crippen MR) is 139 cm³/mol. The molecule has 0 bridgehead atoms. The first-order chi connectivity index (χ1) is 17.8. The van der Waals surface area contributed by atoms with E-state index in [4.69, 9.17) is 18.9 Å². The van der Waals surface area contributed by atoms with Crippen LogP contribution in [-0.4, -0.2) is 59.8 Å². The molecule has 3 rings (SSSR count). The zero-order valence-electron chi connectivity index (χ0n) is 21.0. The van der Waals surface area contributed by atoms with Gasteiger partial charge in [0.15, 0.2) is 11.5 Å². The Labute approximate surface area is 216 Å². The summed E-state index contributed by atoms with van der Waals surface area (Å²) in [5.41, 5.74) is 3.73. The Morgan fingerprint density at radius 3 is 2.19 bits per heavy atom. The molecule has 11 heteroatoms. The summed E-state index contributed by atoms with van der Waals surface area (Å²) in [5, 5.41) is 3.96. The van der Waals surface area contributed by atoms with E-state index in [1.54, 1.807) is 48.5 Å². The summed E-state index contributed by atoms with van der Waals surface area (Å²) in [7, 11) is 1.67. The van der Waals surface area contributed by atoms with Crippen molar-refractivity contribution in [3.05, 3.63) is 77.9 Å². The molecule has 3 aromatic rings. The van der Waals surface area contributed by atoms with E-state index in [-0.39, 0.29) is 17.2 Å². The largest absolute Gasteiger partial charge is 0.497 e. The molecule has 0 atom stereocenters. The van der Waals surface area contributed by atoms with Crippen LogP contribution < -0.4 is 24.4 Å². The molecule has 0 saturated carbocycles. The van der Waals surface area contributed by atoms with Gasteiger partial charge in [0.05, 0.1) is 41.2 Å². The summed E-state index contributed by atoms with van der Waals surface area (Å²) < 4.78 is 49.4. The summed E-state index contributed by atoms with van der Waals surface area (Å²) in [6.07, 6.45) is 1.42. The number of rotatable bonds is 12. The van der Waals surface area contributed by atoms with E-state index in [9.17, 15) is 13.2 Å². The molecule has 10 nitrogen and oxygen atoms in total. The van der Waals surface area contributed by atoms with Gasteiger partial charge in [0.25, 0.3) is 5.91 Å². The number of methoxy groups -OCH3 is 4. The smallest absolute Gasteiger partial charge is 0.255 e. The van der Waals surface area contributed by atoms with E-state index >= 15 is 0 Å². The number of amides is 1. The Morgan fingerprint density at radius 2 is 1.54 bits per heavy atom. The van der Waals surface area contributed by atoms with Crippen molar-refractivity contribution in [1.29, 1.82) is 0 Å². The monoisotopic (exact) mass is 527 g/mol. The Morgan fingerprint density at radius 1 is 0.865 bits per heavy atom. The molecule has 37 heavy (non-hydrogen) atoms. The van der Waals surface area contributed by atoms with Crippen LogP contribution in [0.3, 0.4) is 0 Å². The van der Waals surface area contributed by atoms with Crippen molar-refractivity contribution in [2.24, 2.45) is 5.10 Å². The number of sulfonamides is 1. The second kappa shape index (κ2) is 12.7. The Balaban J connectivity index is 1.84. The van der Waals surface area contributed by atoms with Crippen LogP contribution in [0, 0.1) is 0 Å². The minimum absolute atomic E-state index is 0.0453. The lowest BCUT2D eigenvalue weighted by atomic mass is 10.2. The number of hydrazone groups is 1. The first kappa shape index (κ1) is 27.5. The van der Waals surface area contributed by atoms with E-state index in [1.807, 2.05) is 6.07 Å². The van der Waals surface area contributed by atoms with Crippen molar-refractivity contribution in [3.63, 3.8) is 0 Å². The molecule has 0 aliphatic heterocycles. The van der Waals surface area contributed by atoms with Gasteiger partial charge in [-0.2, -0.15) is 9.41 Å². The average Bonchev–Trinajstić information content (AvgIpc) is 2.92. The zero-order valence-corrected chi connectivity index (χ0v) is 21.8. The van der Waals surface area contributed by atoms with Crippen LogP contribution in [0.1, 0.15) is 11.1 Å². The highest BCUT2D eigenvalue weighted by Crippen LogP contribution is 2.31. The molecule has 0 aromatic heterocycles. The molecule has 0 saturated heterocycles. The minimum Gasteiger partial charge on any atom is -0.497 e. The van der Waals surface area contributed by atoms with Gasteiger partial charge in [0.2, 0.25) is 10.0 Å². The molecule has 0 fully saturated rings. The molecule has 1 amide bonds. The SMILES string of the molecule is COc1ccc(OC)c(S(=O)(=O)N(CC(=O)N/N=C/c2ccc(OC)c(OC)c2)Cc2ccccc2)c1. The third-order valence-corrected chi connectivity index (χ3v) is 7.13. The highest BCUT2D eigenvalue weighted by atomic mass is 32.2. The molecule has 0 unspecified atom stereocenters. The van der Waals surface area contributed by atoms with Crippen molar-refractivity contribution in [2.75, 3.05) is 35.0 Å². The van der Waals surface area contributed by atoms with E-state index in [1.165, 1.54) is 46.8 Å². The van der Waals surface area contributed by atoms with Gasteiger partial charge in [-0.25, -0.2) is 13.8 Å². The van der Waals surface area contributed by atoms with Gasteiger partial charge in [-0.3, -0.25) is 4.79 Å². The third-order valence-electron chi connectivity index (χ3n) is 5.32. The zero-order chi connectivity index (χ0) is 26.8. The van der Waals surface area contributed by atoms with Gasteiger partial charge in [-0.1, -0.05) is 30.3 Å². The Hall–Kier alpha value is -4.09. The number of nitrogens with one attached hydrogen (secondary N) is 1. The summed E-state index contributed by atoms with van der Waals surface area (Å²) >= 11 is 0. The number of hydrogen-bond acceptors (Lipinski definition) is 8. The van der Waals surface area contributed by atoms with Gasteiger partial charge in [-0.05, 0) is 41.5 Å². The number of ether oxygens (including phenoxy) is 4. The van der Waals surface area contributed by atoms with Crippen molar-refractivity contribution < 1.29 is 32.2 Å². The predicted octanol–water partition coefficient (Wildman–Crippen LogP) is 3.06. The summed E-state index contributed by atoms with van der Waals surface area (Å²) in [6.45, 7) is -0.531. The van der Waals surface area contributed by atoms with Crippen LogP contribution in [0.5, 0.6) is 23.0 Å². The van der Waals surface area contributed by atoms with Crippen LogP contribution in [0.15, 0.2) is 76.7 Å². The van der Waals surface area contributed by atoms with E-state index < -0.39 is 22.5 Å². The molecular formula is C26H29N3O7S. The molecule has 0 radical (unpaired) electrons. The number of carbonyl (C=O) groups is 1. The number of hydrogen-bond donors (Lipinski definition) is 1. The lowest BCUT2D eigenvalue weighted by Crippen LogP contribution is -2.39. The fourth-order valence-electron chi connectivity index (χ4n) is 3.45. The van der Waals surface area contributed by atoms with Crippen LogP contribution >= 0.6 is 0 Å². The Bertz CT molecular complexity index is 1350. The van der Waals surface area contributed by atoms with Gasteiger partial charge in [0.1, 0.15) is 16.4 Å². The maximum Gasteiger partial charge on any atom is 0.255 e. The number of benzene rings is 3. The van der Waals surface area contributed by atoms with Crippen LogP contribution in [0.4, 0.5) is 0 Å². The summed E-state index contributed by atoms with van der Waals surface area (Å²) in [5.74, 6) is 0.899. The molecular weight excluding hydrogens is 498 g/mol. The normalized spacial score (nSPS) is 11.4. The molecule has 3 aromatic carbocycles. The van der Waals surface area contributed by atoms with E-state index in [0.717, 1.165) is 4.31 Å². The van der Waals surface area contributed by atoms with Gasteiger partial charge < -0.3 is 18.9 Å². The van der Waals surface area contributed by atoms with Crippen LogP contribution in [0.25, 0.3) is 0 Å². The van der Waals surface area contributed by atoms with Crippen molar-refractivity contribution in [3.8, 4) is 23.0 Å². The number of carbonyl (C=O) groups excluding carboxylic acids is 1. The second-order valence-electron chi connectivity index (χ2n) is 7.68. The van der Waals surface area contributed by atoms with Gasteiger partial charge in [0, 0.05) is 12.6 Å². The first-order valence-electron chi connectivity index (χ1n) is 11.1. The van der Waals surface area contributed by atoms with Crippen molar-refractivity contribution >= 4 is 22.1 Å². The van der Waals surface area contributed by atoms with Crippen molar-refractivity contribution in [1.82, 2.24) is 9.73 Å². The first-order valence-corrected chi connectivity index (χ1v) is 12.6. The van der Waals surface area contributed by atoms with Crippen molar-refractivity contribution in [2.45, 2.75) is 11.4 Å². The fraction of sp³-hybridized carbons (Fsp3) is 0.231. The van der Waals surface area contributed by atoms with Gasteiger partial charge in [-0.15, -0.1) is 0 Å². The fourth-order valence-corrected chi connectivity index (χ4v) is 5.00. The Kier molecular flexibility index (Phi) is 9.47. The molecule has 1 N–H and O–H groups in total. The van der Waals surface area contributed by atoms with Crippen LogP contribution in [0.2, 0.25) is 0 Å². The minimum atomic E-state index is -4.18. The topological polar surface area (TPSA) is 116 Å². The summed E-state index contributed by atoms with van der Waals surface area (Å²) in [4.78, 5) is 12.7. The molecule has 196 valence electrons. The second-order valence-corrected chi connectivity index (χ2v) is 9.59. The van der Waals surface area contributed by atoms with Gasteiger partial charge >= 0.3 is 0 Å². The standard InChI is InChI=1S/C26H29N3O7S/c1-33-21-11-13-23(35-3)25(15-21)37(31,32)29(17-19-8-6-5-7-9-19)18-26(30)28-27-16-20-10-12-22(34-2)24(14-20)36-4/h5-16H,17-18H2,1-4H3,(H,28,30)/b27-16+. The maximum absolute atomic E-state index is 13.7.